The number of hydrogen-bond donors (Lipinski definition) is 2. The highest BCUT2D eigenvalue weighted by molar-refractivity contribution is 5.97. The van der Waals surface area contributed by atoms with Gasteiger partial charge in [-0.25, -0.2) is 27.3 Å². The predicted molar refractivity (Wildman–Crippen MR) is 139 cm³/mol. The molecule has 1 saturated heterocycles. The molecule has 2 atom stereocenters. The summed E-state index contributed by atoms with van der Waals surface area (Å²) >= 11 is 0. The van der Waals surface area contributed by atoms with Gasteiger partial charge in [0.2, 0.25) is 5.43 Å². The largest absolute Gasteiger partial charge is 0.413 e. The summed E-state index contributed by atoms with van der Waals surface area (Å²) in [6, 6.07) is 3.26. The molecule has 44 heavy (non-hydrogen) atoms. The van der Waals surface area contributed by atoms with Gasteiger partial charge in [-0.2, -0.15) is 13.2 Å². The lowest BCUT2D eigenvalue weighted by atomic mass is 10.1. The highest BCUT2D eigenvalue weighted by Gasteiger charge is 2.45. The van der Waals surface area contributed by atoms with E-state index in [0.717, 1.165) is 33.7 Å². The Morgan fingerprint density at radius 3 is 2.39 bits per heavy atom. The van der Waals surface area contributed by atoms with Crippen molar-refractivity contribution in [2.45, 2.75) is 31.2 Å². The number of piperidine rings is 1. The first-order valence-corrected chi connectivity index (χ1v) is 12.8. The van der Waals surface area contributed by atoms with Crippen molar-refractivity contribution in [1.29, 1.82) is 0 Å². The van der Waals surface area contributed by atoms with E-state index >= 15 is 0 Å². The first kappa shape index (κ1) is 30.5. The summed E-state index contributed by atoms with van der Waals surface area (Å²) in [6.07, 6.45) is -7.38. The number of amides is 2. The molecule has 2 amide bonds. The monoisotopic (exact) mass is 624 g/mol. The molecule has 1 fully saturated rings. The Kier molecular flexibility index (Phi) is 8.03. The lowest BCUT2D eigenvalue weighted by molar-refractivity contribution is -0.156. The van der Waals surface area contributed by atoms with Crippen molar-refractivity contribution >= 4 is 28.9 Å². The third-order valence-corrected chi connectivity index (χ3v) is 6.74. The van der Waals surface area contributed by atoms with E-state index in [2.05, 4.69) is 4.98 Å². The van der Waals surface area contributed by atoms with Gasteiger partial charge in [0.1, 0.15) is 35.2 Å². The maximum atomic E-state index is 14.9. The summed E-state index contributed by atoms with van der Waals surface area (Å²) in [5.41, 5.74) is -3.44. The smallest absolute Gasteiger partial charge is 0.405 e. The van der Waals surface area contributed by atoms with Crippen LogP contribution in [0.5, 0.6) is 5.75 Å². The second-order valence-corrected chi connectivity index (χ2v) is 9.62. The Bertz CT molecular complexity index is 1830. The SMILES string of the molecule is O=C(NC(c1c(F)cccc1F)C(F)(F)F)Oc1cn(-c2ccc(F)cc2F)c2nc(N3CCCC(O)C3=O)ccc2c1=O. The van der Waals surface area contributed by atoms with E-state index in [0.29, 0.717) is 30.8 Å². The Morgan fingerprint density at radius 1 is 1.02 bits per heavy atom. The van der Waals surface area contributed by atoms with E-state index in [9.17, 15) is 50.2 Å². The fourth-order valence-electron chi connectivity index (χ4n) is 4.69. The van der Waals surface area contributed by atoms with Crippen LogP contribution in [0, 0.1) is 23.3 Å². The Hall–Kier alpha value is -4.99. The second kappa shape index (κ2) is 11.6. The van der Waals surface area contributed by atoms with Crippen LogP contribution in [-0.4, -0.2) is 45.5 Å². The van der Waals surface area contributed by atoms with Gasteiger partial charge in [0, 0.05) is 12.6 Å². The molecule has 0 bridgehead atoms. The van der Waals surface area contributed by atoms with Crippen LogP contribution in [0.2, 0.25) is 0 Å². The number of carbonyl (C=O) groups is 2. The van der Waals surface area contributed by atoms with Crippen molar-refractivity contribution in [3.8, 4) is 11.4 Å². The minimum atomic E-state index is -5.41. The number of rotatable bonds is 5. The summed E-state index contributed by atoms with van der Waals surface area (Å²) in [5.74, 6) is -7.10. The van der Waals surface area contributed by atoms with Gasteiger partial charge < -0.3 is 15.2 Å². The summed E-state index contributed by atoms with van der Waals surface area (Å²) in [4.78, 5) is 43.8. The maximum Gasteiger partial charge on any atom is 0.413 e. The van der Waals surface area contributed by atoms with Crippen LogP contribution >= 0.6 is 0 Å². The number of ether oxygens (including phenoxy) is 1. The molecule has 1 aliphatic heterocycles. The van der Waals surface area contributed by atoms with Crippen LogP contribution in [0.25, 0.3) is 16.7 Å². The quantitative estimate of drug-likeness (QED) is 0.308. The summed E-state index contributed by atoms with van der Waals surface area (Å²) in [7, 11) is 0. The molecule has 3 heterocycles. The number of alkyl halides is 3. The van der Waals surface area contributed by atoms with Crippen molar-refractivity contribution in [2.24, 2.45) is 0 Å². The Morgan fingerprint density at radius 2 is 1.73 bits per heavy atom. The van der Waals surface area contributed by atoms with E-state index in [1.165, 1.54) is 11.4 Å². The topological polar surface area (TPSA) is 114 Å². The van der Waals surface area contributed by atoms with E-state index in [4.69, 9.17) is 4.74 Å². The van der Waals surface area contributed by atoms with Crippen molar-refractivity contribution in [1.82, 2.24) is 14.9 Å². The van der Waals surface area contributed by atoms with Crippen molar-refractivity contribution < 1.29 is 50.2 Å². The van der Waals surface area contributed by atoms with Gasteiger partial charge in [-0.05, 0) is 49.2 Å². The van der Waals surface area contributed by atoms with Gasteiger partial charge in [-0.1, -0.05) is 6.07 Å². The molecule has 9 nitrogen and oxygen atoms in total. The van der Waals surface area contributed by atoms with Gasteiger partial charge in [-0.3, -0.25) is 19.1 Å². The number of aliphatic hydroxyl groups is 1. The van der Waals surface area contributed by atoms with Crippen LogP contribution < -0.4 is 20.4 Å². The van der Waals surface area contributed by atoms with Crippen LogP contribution in [0.3, 0.4) is 0 Å². The lowest BCUT2D eigenvalue weighted by Crippen LogP contribution is -2.44. The molecule has 1 aliphatic rings. The number of nitrogens with one attached hydrogen (secondary N) is 1. The predicted octanol–water partition coefficient (Wildman–Crippen LogP) is 4.82. The third-order valence-electron chi connectivity index (χ3n) is 6.74. The zero-order valence-electron chi connectivity index (χ0n) is 22.0. The molecule has 16 heteroatoms. The molecule has 5 rings (SSSR count). The molecule has 2 N–H and O–H groups in total. The van der Waals surface area contributed by atoms with Crippen molar-refractivity contribution in [3.63, 3.8) is 0 Å². The average Bonchev–Trinajstić information content (AvgIpc) is 2.95. The number of anilines is 1. The number of hydrogen-bond acceptors (Lipinski definition) is 6. The molecule has 0 aliphatic carbocycles. The number of fused-ring (bicyclic) bond motifs is 1. The molecular weight excluding hydrogens is 605 g/mol. The summed E-state index contributed by atoms with van der Waals surface area (Å²) in [5, 5.41) is 10.9. The molecule has 0 saturated carbocycles. The van der Waals surface area contributed by atoms with Gasteiger partial charge in [0.05, 0.1) is 22.8 Å². The molecular formula is C28H19F7N4O5. The number of halogens is 7. The molecule has 0 radical (unpaired) electrons. The standard InChI is InChI=1S/C28H19F7N4O5/c29-13-6-8-18(17(32)11-13)39-12-20(44-27(43)37-24(28(33,34)35)22-15(30)3-1-4-16(22)31)23(41)14-7-9-21(36-25(14)39)38-10-2-5-19(40)26(38)42/h1,3-4,6-9,11-12,19,24,40H,2,5,10H2,(H,37,43). The van der Waals surface area contributed by atoms with Crippen molar-refractivity contribution in [3.05, 3.63) is 93.8 Å². The lowest BCUT2D eigenvalue weighted by Gasteiger charge is -2.29. The minimum Gasteiger partial charge on any atom is -0.405 e. The number of nitrogens with zero attached hydrogens (tertiary/aromatic N) is 3. The molecule has 2 aromatic carbocycles. The highest BCUT2D eigenvalue weighted by Crippen LogP contribution is 2.35. The molecule has 0 spiro atoms. The van der Waals surface area contributed by atoms with Crippen LogP contribution in [-0.2, 0) is 4.79 Å². The summed E-state index contributed by atoms with van der Waals surface area (Å²) in [6.45, 7) is 0.147. The van der Waals surface area contributed by atoms with Crippen molar-refractivity contribution in [2.75, 3.05) is 11.4 Å². The fraction of sp³-hybridized carbons (Fsp3) is 0.214. The van der Waals surface area contributed by atoms with Gasteiger partial charge in [0.25, 0.3) is 5.91 Å². The zero-order chi connectivity index (χ0) is 31.9. The minimum absolute atomic E-state index is 0.0525. The third kappa shape index (κ3) is 5.79. The molecule has 2 unspecified atom stereocenters. The number of pyridine rings is 2. The molecule has 2 aromatic heterocycles. The van der Waals surface area contributed by atoms with E-state index in [1.54, 1.807) is 0 Å². The van der Waals surface area contributed by atoms with E-state index < -0.39 is 76.0 Å². The van der Waals surface area contributed by atoms with Gasteiger partial charge in [0.15, 0.2) is 17.4 Å². The number of aliphatic hydroxyl groups excluding tert-OH is 1. The number of aromatic nitrogens is 2. The zero-order valence-corrected chi connectivity index (χ0v) is 22.0. The summed E-state index contributed by atoms with van der Waals surface area (Å²) < 4.78 is 104. The highest BCUT2D eigenvalue weighted by atomic mass is 19.4. The van der Waals surface area contributed by atoms with Gasteiger partial charge in [-0.15, -0.1) is 0 Å². The van der Waals surface area contributed by atoms with E-state index in [1.807, 2.05) is 0 Å². The van der Waals surface area contributed by atoms with Gasteiger partial charge >= 0.3 is 12.3 Å². The van der Waals surface area contributed by atoms with E-state index in [-0.39, 0.29) is 29.8 Å². The molecule has 230 valence electrons. The molecule has 4 aromatic rings. The van der Waals surface area contributed by atoms with Crippen LogP contribution in [0.1, 0.15) is 24.4 Å². The maximum absolute atomic E-state index is 14.9. The fourth-order valence-corrected chi connectivity index (χ4v) is 4.69. The number of benzene rings is 2. The number of carbonyl (C=O) groups excluding carboxylic acids is 2. The Labute approximate surface area is 242 Å². The van der Waals surface area contributed by atoms with Crippen LogP contribution in [0.15, 0.2) is 59.5 Å². The first-order valence-electron chi connectivity index (χ1n) is 12.8. The Balaban J connectivity index is 1.60. The second-order valence-electron chi connectivity index (χ2n) is 9.62. The average molecular weight is 624 g/mol. The van der Waals surface area contributed by atoms with Crippen LogP contribution in [0.4, 0.5) is 41.3 Å². The normalized spacial score (nSPS) is 16.2. The first-order chi connectivity index (χ1) is 20.8.